The van der Waals surface area contributed by atoms with E-state index in [1.807, 2.05) is 47.4 Å². The van der Waals surface area contributed by atoms with E-state index < -0.39 is 0 Å². The number of nitrogens with zero attached hydrogens (tertiary/aromatic N) is 2. The molecule has 1 atom stereocenters. The van der Waals surface area contributed by atoms with Gasteiger partial charge in [0.05, 0.1) is 13.0 Å². The minimum absolute atomic E-state index is 0.180. The monoisotopic (exact) mass is 352 g/mol. The number of piperazine rings is 1. The van der Waals surface area contributed by atoms with Gasteiger partial charge in [-0.15, -0.1) is 0 Å². The fourth-order valence-electron chi connectivity index (χ4n) is 3.56. The molecule has 0 spiro atoms. The maximum Gasteiger partial charge on any atom is 0.230 e. The molecule has 0 aliphatic carbocycles. The molecule has 4 heteroatoms. The predicted molar refractivity (Wildman–Crippen MR) is 105 cm³/mol. The number of ether oxygens (including phenoxy) is 1. The van der Waals surface area contributed by atoms with Gasteiger partial charge in [0.15, 0.2) is 0 Å². The van der Waals surface area contributed by atoms with Crippen LogP contribution in [0.2, 0.25) is 0 Å². The zero-order valence-electron chi connectivity index (χ0n) is 15.7. The summed E-state index contributed by atoms with van der Waals surface area (Å²) in [4.78, 5) is 17.8. The van der Waals surface area contributed by atoms with Gasteiger partial charge in [-0.2, -0.15) is 0 Å². The van der Waals surface area contributed by atoms with Crippen LogP contribution in [0, 0.1) is 0 Å². The third-order valence-corrected chi connectivity index (χ3v) is 5.21. The number of hydrogen-bond donors (Lipinski definition) is 0. The van der Waals surface area contributed by atoms with Gasteiger partial charge in [-0.3, -0.25) is 4.79 Å². The lowest BCUT2D eigenvalue weighted by atomic mass is 9.90. The van der Waals surface area contributed by atoms with Gasteiger partial charge in [-0.1, -0.05) is 49.4 Å². The molecule has 26 heavy (non-hydrogen) atoms. The summed E-state index contributed by atoms with van der Waals surface area (Å²) in [7, 11) is 1.66. The van der Waals surface area contributed by atoms with Crippen molar-refractivity contribution in [3.63, 3.8) is 0 Å². The highest BCUT2D eigenvalue weighted by Crippen LogP contribution is 2.27. The molecule has 2 aromatic rings. The van der Waals surface area contributed by atoms with Crippen LogP contribution in [0.5, 0.6) is 5.75 Å². The molecular weight excluding hydrogens is 324 g/mol. The van der Waals surface area contributed by atoms with Crippen LogP contribution in [-0.2, 0) is 11.2 Å². The lowest BCUT2D eigenvalue weighted by Crippen LogP contribution is -2.50. The first-order valence-corrected chi connectivity index (χ1v) is 9.40. The van der Waals surface area contributed by atoms with Crippen molar-refractivity contribution in [1.82, 2.24) is 9.80 Å². The third kappa shape index (κ3) is 4.44. The molecular formula is C22H28N2O2. The number of amides is 1. The molecule has 4 nitrogen and oxygen atoms in total. The first-order valence-electron chi connectivity index (χ1n) is 9.40. The molecule has 0 N–H and O–H groups in total. The van der Waals surface area contributed by atoms with Gasteiger partial charge >= 0.3 is 0 Å². The van der Waals surface area contributed by atoms with Crippen molar-refractivity contribution in [2.24, 2.45) is 0 Å². The molecule has 138 valence electrons. The van der Waals surface area contributed by atoms with Crippen molar-refractivity contribution >= 4 is 5.91 Å². The molecule has 1 amide bonds. The second-order valence-electron chi connectivity index (χ2n) is 6.78. The number of methoxy groups -OCH3 is 1. The molecule has 3 rings (SSSR count). The first-order chi connectivity index (χ1) is 12.7. The molecule has 2 aromatic carbocycles. The minimum Gasteiger partial charge on any atom is -0.497 e. The van der Waals surface area contributed by atoms with Crippen LogP contribution in [-0.4, -0.2) is 55.5 Å². The summed E-state index contributed by atoms with van der Waals surface area (Å²) in [6, 6.07) is 18.2. The van der Waals surface area contributed by atoms with Gasteiger partial charge < -0.3 is 14.5 Å². The van der Waals surface area contributed by atoms with E-state index in [0.717, 1.165) is 44.0 Å². The Labute approximate surface area is 156 Å². The summed E-state index contributed by atoms with van der Waals surface area (Å²) in [6.07, 6.45) is 0.709. The highest BCUT2D eigenvalue weighted by molar-refractivity contribution is 5.84. The van der Waals surface area contributed by atoms with Gasteiger partial charge in [-0.25, -0.2) is 0 Å². The van der Waals surface area contributed by atoms with Crippen LogP contribution in [0.25, 0.3) is 0 Å². The smallest absolute Gasteiger partial charge is 0.230 e. The van der Waals surface area contributed by atoms with E-state index >= 15 is 0 Å². The minimum atomic E-state index is -0.180. The van der Waals surface area contributed by atoms with Crippen molar-refractivity contribution in [2.45, 2.75) is 19.3 Å². The van der Waals surface area contributed by atoms with E-state index in [-0.39, 0.29) is 11.8 Å². The number of rotatable bonds is 6. The van der Waals surface area contributed by atoms with Gasteiger partial charge in [0.2, 0.25) is 5.91 Å². The molecule has 0 aromatic heterocycles. The summed E-state index contributed by atoms with van der Waals surface area (Å²) >= 11 is 0. The van der Waals surface area contributed by atoms with E-state index in [9.17, 15) is 4.79 Å². The molecule has 0 saturated carbocycles. The second kappa shape index (κ2) is 8.86. The van der Waals surface area contributed by atoms with E-state index in [0.29, 0.717) is 6.42 Å². The first kappa shape index (κ1) is 18.5. The lowest BCUT2D eigenvalue weighted by Gasteiger charge is -2.36. The molecule has 1 unspecified atom stereocenters. The van der Waals surface area contributed by atoms with Crippen molar-refractivity contribution in [3.8, 4) is 5.75 Å². The van der Waals surface area contributed by atoms with E-state index in [2.05, 4.69) is 24.0 Å². The Morgan fingerprint density at radius 3 is 2.42 bits per heavy atom. The average molecular weight is 352 g/mol. The lowest BCUT2D eigenvalue weighted by molar-refractivity contribution is -0.134. The Balaban J connectivity index is 1.83. The molecule has 1 aliphatic rings. The summed E-state index contributed by atoms with van der Waals surface area (Å²) in [5.41, 5.74) is 2.21. The van der Waals surface area contributed by atoms with E-state index in [1.54, 1.807) is 7.11 Å². The molecule has 1 fully saturated rings. The number of carbonyl (C=O) groups excluding carboxylic acids is 1. The normalized spacial score (nSPS) is 16.3. The Hall–Kier alpha value is -2.33. The fraction of sp³-hybridized carbons (Fsp3) is 0.409. The van der Waals surface area contributed by atoms with Gasteiger partial charge in [0.25, 0.3) is 0 Å². The SMILES string of the molecule is CCN1CCN(C(=O)C(Cc2ccccc2)c2cccc(OC)c2)CC1. The van der Waals surface area contributed by atoms with Crippen LogP contribution in [0.1, 0.15) is 24.0 Å². The number of carbonyl (C=O) groups is 1. The quantitative estimate of drug-likeness (QED) is 0.800. The summed E-state index contributed by atoms with van der Waals surface area (Å²) < 4.78 is 5.38. The number of likely N-dealkylation sites (N-methyl/N-ethyl adjacent to an activating group) is 1. The average Bonchev–Trinajstić information content (AvgIpc) is 2.72. The van der Waals surface area contributed by atoms with Crippen molar-refractivity contribution < 1.29 is 9.53 Å². The molecule has 0 bridgehead atoms. The Bertz CT molecular complexity index is 709. The van der Waals surface area contributed by atoms with Gasteiger partial charge in [0.1, 0.15) is 5.75 Å². The largest absolute Gasteiger partial charge is 0.497 e. The second-order valence-corrected chi connectivity index (χ2v) is 6.78. The zero-order valence-corrected chi connectivity index (χ0v) is 15.7. The van der Waals surface area contributed by atoms with Gasteiger partial charge in [-0.05, 0) is 36.2 Å². The van der Waals surface area contributed by atoms with Gasteiger partial charge in [0, 0.05) is 26.2 Å². The molecule has 1 saturated heterocycles. The van der Waals surface area contributed by atoms with Crippen molar-refractivity contribution in [1.29, 1.82) is 0 Å². The summed E-state index contributed by atoms with van der Waals surface area (Å²) in [5, 5.41) is 0. The van der Waals surface area contributed by atoms with Crippen LogP contribution in [0.15, 0.2) is 54.6 Å². The highest BCUT2D eigenvalue weighted by atomic mass is 16.5. The molecule has 0 radical (unpaired) electrons. The number of hydrogen-bond acceptors (Lipinski definition) is 3. The Morgan fingerprint density at radius 1 is 1.04 bits per heavy atom. The van der Waals surface area contributed by atoms with Crippen molar-refractivity contribution in [2.75, 3.05) is 39.8 Å². The predicted octanol–water partition coefficient (Wildman–Crippen LogP) is 3.19. The Kier molecular flexibility index (Phi) is 6.29. The van der Waals surface area contributed by atoms with Crippen molar-refractivity contribution in [3.05, 3.63) is 65.7 Å². The van der Waals surface area contributed by atoms with Crippen LogP contribution in [0.3, 0.4) is 0 Å². The van der Waals surface area contributed by atoms with E-state index in [4.69, 9.17) is 4.74 Å². The summed E-state index contributed by atoms with van der Waals surface area (Å²) in [5.74, 6) is 0.836. The summed E-state index contributed by atoms with van der Waals surface area (Å²) in [6.45, 7) is 6.75. The maximum atomic E-state index is 13.4. The standard InChI is InChI=1S/C22H28N2O2/c1-3-23-12-14-24(15-13-23)22(25)21(16-18-8-5-4-6-9-18)19-10-7-11-20(17-19)26-2/h4-11,17,21H,3,12-16H2,1-2H3. The Morgan fingerprint density at radius 2 is 1.77 bits per heavy atom. The molecule has 1 heterocycles. The maximum absolute atomic E-state index is 13.4. The zero-order chi connectivity index (χ0) is 18.4. The van der Waals surface area contributed by atoms with Crippen LogP contribution >= 0.6 is 0 Å². The van der Waals surface area contributed by atoms with Crippen LogP contribution in [0.4, 0.5) is 0 Å². The third-order valence-electron chi connectivity index (χ3n) is 5.21. The topological polar surface area (TPSA) is 32.8 Å². The van der Waals surface area contributed by atoms with Crippen LogP contribution < -0.4 is 4.74 Å². The number of benzene rings is 2. The van der Waals surface area contributed by atoms with E-state index in [1.165, 1.54) is 5.56 Å². The fourth-order valence-corrected chi connectivity index (χ4v) is 3.56. The highest BCUT2D eigenvalue weighted by Gasteiger charge is 2.28. The molecule has 1 aliphatic heterocycles.